The maximum Gasteiger partial charge on any atom is 0.416 e. The molecule has 1 atom stereocenters. The molecule has 4 rings (SSSR count). The number of alkyl halides is 3. The first-order valence-corrected chi connectivity index (χ1v) is 12.4. The molecule has 1 aromatic heterocycles. The highest BCUT2D eigenvalue weighted by Crippen LogP contribution is 2.39. The smallest absolute Gasteiger partial charge is 0.416 e. The van der Waals surface area contributed by atoms with Crippen molar-refractivity contribution < 1.29 is 37.3 Å². The molecule has 1 unspecified atom stereocenters. The van der Waals surface area contributed by atoms with Gasteiger partial charge < -0.3 is 19.3 Å². The van der Waals surface area contributed by atoms with Gasteiger partial charge in [-0.3, -0.25) is 0 Å². The number of nitrogens with zero attached hydrogens (tertiary/aromatic N) is 1. The normalized spacial score (nSPS) is 12.2. The van der Waals surface area contributed by atoms with Gasteiger partial charge in [-0.15, -0.1) is 11.3 Å². The average Bonchev–Trinajstić information content (AvgIpc) is 3.38. The van der Waals surface area contributed by atoms with Crippen LogP contribution in [-0.2, 0) is 11.0 Å². The molecule has 38 heavy (non-hydrogen) atoms. The first-order chi connectivity index (χ1) is 18.0. The summed E-state index contributed by atoms with van der Waals surface area (Å²) in [5, 5.41) is 11.4. The summed E-state index contributed by atoms with van der Waals surface area (Å²) in [4.78, 5) is 15.6. The largest absolute Gasteiger partial charge is 0.497 e. The van der Waals surface area contributed by atoms with E-state index in [9.17, 15) is 18.0 Å². The number of carboxylic acid groups (broad SMARTS) is 1. The van der Waals surface area contributed by atoms with Crippen LogP contribution in [0.3, 0.4) is 0 Å². The van der Waals surface area contributed by atoms with E-state index in [0.29, 0.717) is 44.6 Å². The maximum atomic E-state index is 12.9. The summed E-state index contributed by atoms with van der Waals surface area (Å²) in [6.45, 7) is 3.14. The average molecular weight is 544 g/mol. The molecule has 3 aromatic carbocycles. The van der Waals surface area contributed by atoms with Crippen molar-refractivity contribution in [1.29, 1.82) is 0 Å². The first-order valence-electron chi connectivity index (χ1n) is 11.5. The van der Waals surface area contributed by atoms with Gasteiger partial charge in [-0.2, -0.15) is 13.2 Å². The summed E-state index contributed by atoms with van der Waals surface area (Å²) < 4.78 is 55.7. The molecule has 0 aliphatic rings. The number of halogens is 3. The third-order valence-corrected chi connectivity index (χ3v) is 6.72. The van der Waals surface area contributed by atoms with Crippen molar-refractivity contribution >= 4 is 17.3 Å². The Morgan fingerprint density at radius 3 is 2.29 bits per heavy atom. The third kappa shape index (κ3) is 6.25. The van der Waals surface area contributed by atoms with Crippen molar-refractivity contribution in [3.8, 4) is 39.6 Å². The van der Waals surface area contributed by atoms with Crippen LogP contribution < -0.4 is 14.2 Å². The van der Waals surface area contributed by atoms with Crippen LogP contribution in [0.15, 0.2) is 66.0 Å². The molecule has 0 saturated carbocycles. The molecule has 6 nitrogen and oxygen atoms in total. The van der Waals surface area contributed by atoms with Crippen molar-refractivity contribution in [2.24, 2.45) is 0 Å². The Balaban J connectivity index is 1.62. The fourth-order valence-corrected chi connectivity index (χ4v) is 4.54. The molecule has 0 saturated heterocycles. The standard InChI is InChI=1S/C28H24F3NO5S/c1-16-12-25(22(13-24(16)36-14-26(33)34)18-6-10-21(35-3)11-7-18)37-17(2)27-32-23(15-38-27)19-4-8-20(9-5-19)28(29,30)31/h4-13,15,17H,14H2,1-3H3,(H,33,34). The number of benzene rings is 3. The van der Waals surface area contributed by atoms with E-state index in [-0.39, 0.29) is 0 Å². The lowest BCUT2D eigenvalue weighted by Crippen LogP contribution is -2.10. The predicted octanol–water partition coefficient (Wildman–Crippen LogP) is 7.42. The minimum atomic E-state index is -4.40. The quantitative estimate of drug-likeness (QED) is 0.237. The van der Waals surface area contributed by atoms with Crippen molar-refractivity contribution in [2.75, 3.05) is 13.7 Å². The van der Waals surface area contributed by atoms with Gasteiger partial charge in [-0.25, -0.2) is 9.78 Å². The molecule has 1 heterocycles. The number of rotatable bonds is 9. The highest BCUT2D eigenvalue weighted by atomic mass is 32.1. The number of aliphatic carboxylic acids is 1. The zero-order chi connectivity index (χ0) is 27.4. The minimum absolute atomic E-state index is 0.414. The molecule has 0 spiro atoms. The predicted molar refractivity (Wildman–Crippen MR) is 138 cm³/mol. The Labute approximate surface area is 221 Å². The van der Waals surface area contributed by atoms with Crippen LogP contribution in [0.1, 0.15) is 29.2 Å². The lowest BCUT2D eigenvalue weighted by atomic mass is 10.0. The molecule has 0 radical (unpaired) electrons. The molecule has 0 fully saturated rings. The monoisotopic (exact) mass is 543 g/mol. The lowest BCUT2D eigenvalue weighted by Gasteiger charge is -2.19. The number of aromatic nitrogens is 1. The molecule has 0 aliphatic carbocycles. The number of carboxylic acids is 1. The van der Waals surface area contributed by atoms with Crippen molar-refractivity contribution in [3.63, 3.8) is 0 Å². The van der Waals surface area contributed by atoms with E-state index in [1.54, 1.807) is 43.7 Å². The number of methoxy groups -OCH3 is 1. The molecule has 10 heteroatoms. The lowest BCUT2D eigenvalue weighted by molar-refractivity contribution is -0.139. The van der Waals surface area contributed by atoms with Crippen molar-refractivity contribution in [1.82, 2.24) is 4.98 Å². The van der Waals surface area contributed by atoms with Gasteiger partial charge in [0.05, 0.1) is 18.4 Å². The van der Waals surface area contributed by atoms with E-state index in [0.717, 1.165) is 17.7 Å². The Kier molecular flexibility index (Phi) is 7.91. The number of thiazole rings is 1. The van der Waals surface area contributed by atoms with Crippen LogP contribution in [-0.4, -0.2) is 29.8 Å². The topological polar surface area (TPSA) is 77.9 Å². The summed E-state index contributed by atoms with van der Waals surface area (Å²) in [7, 11) is 1.57. The van der Waals surface area contributed by atoms with Gasteiger partial charge >= 0.3 is 12.1 Å². The van der Waals surface area contributed by atoms with Gasteiger partial charge in [0, 0.05) is 16.5 Å². The van der Waals surface area contributed by atoms with Crippen molar-refractivity contribution in [2.45, 2.75) is 26.1 Å². The van der Waals surface area contributed by atoms with E-state index >= 15 is 0 Å². The maximum absolute atomic E-state index is 12.9. The number of carbonyl (C=O) groups is 1. The Bertz CT molecular complexity index is 1420. The number of hydrogen-bond acceptors (Lipinski definition) is 6. The molecule has 0 aliphatic heterocycles. The summed E-state index contributed by atoms with van der Waals surface area (Å²) in [5.41, 5.74) is 2.59. The number of aryl methyl sites for hydroxylation is 1. The third-order valence-electron chi connectivity index (χ3n) is 5.71. The molecular formula is C28H24F3NO5S. The SMILES string of the molecule is COc1ccc(-c2cc(OCC(=O)O)c(C)cc2OC(C)c2nc(-c3ccc(C(F)(F)F)cc3)cs2)cc1. The fraction of sp³-hybridized carbons (Fsp3) is 0.214. The molecule has 4 aromatic rings. The van der Waals surface area contributed by atoms with Crippen LogP contribution in [0.2, 0.25) is 0 Å². The second-order valence-corrected chi connectivity index (χ2v) is 9.32. The fourth-order valence-electron chi connectivity index (χ4n) is 3.73. The van der Waals surface area contributed by atoms with Gasteiger partial charge in [-0.05, 0) is 61.4 Å². The zero-order valence-corrected chi connectivity index (χ0v) is 21.5. The van der Waals surface area contributed by atoms with E-state index in [1.807, 2.05) is 19.1 Å². The second-order valence-electron chi connectivity index (χ2n) is 8.43. The second kappa shape index (κ2) is 11.1. The number of ether oxygens (including phenoxy) is 3. The van der Waals surface area contributed by atoms with Crippen LogP contribution in [0.25, 0.3) is 22.4 Å². The number of hydrogen-bond donors (Lipinski definition) is 1. The summed E-state index contributed by atoms with van der Waals surface area (Å²) in [5.74, 6) is 0.542. The first kappa shape index (κ1) is 27.0. The van der Waals surface area contributed by atoms with Gasteiger partial charge in [0.1, 0.15) is 28.4 Å². The zero-order valence-electron chi connectivity index (χ0n) is 20.7. The van der Waals surface area contributed by atoms with Crippen LogP contribution >= 0.6 is 11.3 Å². The van der Waals surface area contributed by atoms with Gasteiger partial charge in [-0.1, -0.05) is 24.3 Å². The summed E-state index contributed by atoms with van der Waals surface area (Å²) in [6, 6.07) is 15.7. The highest BCUT2D eigenvalue weighted by Gasteiger charge is 2.30. The van der Waals surface area contributed by atoms with E-state index in [1.165, 1.54) is 23.5 Å². The van der Waals surface area contributed by atoms with Crippen LogP contribution in [0.4, 0.5) is 13.2 Å². The van der Waals surface area contributed by atoms with Crippen LogP contribution in [0.5, 0.6) is 17.2 Å². The van der Waals surface area contributed by atoms with Crippen molar-refractivity contribution in [3.05, 3.63) is 82.2 Å². The molecule has 1 N–H and O–H groups in total. The molecular weight excluding hydrogens is 519 g/mol. The molecule has 0 amide bonds. The van der Waals surface area contributed by atoms with E-state index in [2.05, 4.69) is 4.98 Å². The Morgan fingerprint density at radius 2 is 1.68 bits per heavy atom. The van der Waals surface area contributed by atoms with Gasteiger partial charge in [0.2, 0.25) is 0 Å². The summed E-state index contributed by atoms with van der Waals surface area (Å²) >= 11 is 1.34. The molecule has 198 valence electrons. The van der Waals surface area contributed by atoms with Gasteiger partial charge in [0.25, 0.3) is 0 Å². The minimum Gasteiger partial charge on any atom is -0.497 e. The molecule has 0 bridgehead atoms. The van der Waals surface area contributed by atoms with E-state index in [4.69, 9.17) is 19.3 Å². The Morgan fingerprint density at radius 1 is 1.03 bits per heavy atom. The highest BCUT2D eigenvalue weighted by molar-refractivity contribution is 7.10. The summed E-state index contributed by atoms with van der Waals surface area (Å²) in [6.07, 6.45) is -4.88. The van der Waals surface area contributed by atoms with Gasteiger partial charge in [0.15, 0.2) is 6.61 Å². The van der Waals surface area contributed by atoms with Crippen LogP contribution in [0, 0.1) is 6.92 Å². The van der Waals surface area contributed by atoms with E-state index < -0.39 is 30.4 Å². The Hall–Kier alpha value is -4.05.